The summed E-state index contributed by atoms with van der Waals surface area (Å²) in [6.07, 6.45) is 3.67. The quantitative estimate of drug-likeness (QED) is 0.702. The lowest BCUT2D eigenvalue weighted by atomic mass is 10.1. The fourth-order valence-electron chi connectivity index (χ4n) is 2.50. The Labute approximate surface area is 110 Å². The minimum Gasteiger partial charge on any atom is -0.379 e. The van der Waals surface area contributed by atoms with Crippen LogP contribution in [0.25, 0.3) is 0 Å². The highest BCUT2D eigenvalue weighted by molar-refractivity contribution is 5.84. The number of ether oxygens (including phenoxy) is 1. The van der Waals surface area contributed by atoms with E-state index in [1.165, 1.54) is 12.8 Å². The standard InChI is InChI=1S/C14H26N2O2/c1-4-12-14(17)16(13(15-12)10(2)3)7-8-18-9-11-5-6-11/h10-13,15H,4-9H2,1-3H3. The molecule has 0 aromatic rings. The van der Waals surface area contributed by atoms with Gasteiger partial charge >= 0.3 is 0 Å². The van der Waals surface area contributed by atoms with Gasteiger partial charge in [-0.05, 0) is 31.1 Å². The monoisotopic (exact) mass is 254 g/mol. The van der Waals surface area contributed by atoms with Gasteiger partial charge < -0.3 is 9.64 Å². The van der Waals surface area contributed by atoms with Crippen LogP contribution in [0.15, 0.2) is 0 Å². The van der Waals surface area contributed by atoms with Crippen LogP contribution < -0.4 is 5.32 Å². The normalized spacial score (nSPS) is 28.4. The molecule has 1 N–H and O–H groups in total. The van der Waals surface area contributed by atoms with Crippen LogP contribution in [0.1, 0.15) is 40.0 Å². The highest BCUT2D eigenvalue weighted by Gasteiger charge is 2.38. The Bertz CT molecular complexity index is 290. The van der Waals surface area contributed by atoms with Crippen molar-refractivity contribution in [2.75, 3.05) is 19.8 Å². The average molecular weight is 254 g/mol. The van der Waals surface area contributed by atoms with Gasteiger partial charge in [-0.15, -0.1) is 0 Å². The molecule has 0 bridgehead atoms. The van der Waals surface area contributed by atoms with Gasteiger partial charge in [0.2, 0.25) is 5.91 Å². The predicted molar refractivity (Wildman–Crippen MR) is 71.1 cm³/mol. The number of hydrogen-bond donors (Lipinski definition) is 1. The zero-order chi connectivity index (χ0) is 13.1. The Morgan fingerprint density at radius 2 is 2.17 bits per heavy atom. The highest BCUT2D eigenvalue weighted by Crippen LogP contribution is 2.28. The fraction of sp³-hybridized carbons (Fsp3) is 0.929. The summed E-state index contributed by atoms with van der Waals surface area (Å²) in [7, 11) is 0. The third-order valence-corrected chi connectivity index (χ3v) is 3.86. The van der Waals surface area contributed by atoms with Gasteiger partial charge in [0.25, 0.3) is 0 Å². The minimum absolute atomic E-state index is 0.000770. The van der Waals surface area contributed by atoms with Crippen LogP contribution in [0, 0.1) is 11.8 Å². The Kier molecular flexibility index (Phi) is 4.62. The first-order chi connectivity index (χ1) is 8.63. The molecule has 2 unspecified atom stereocenters. The largest absolute Gasteiger partial charge is 0.379 e. The van der Waals surface area contributed by atoms with Gasteiger partial charge in [0.15, 0.2) is 0 Å². The molecule has 4 nitrogen and oxygen atoms in total. The maximum atomic E-state index is 12.2. The summed E-state index contributed by atoms with van der Waals surface area (Å²) in [4.78, 5) is 14.2. The van der Waals surface area contributed by atoms with E-state index in [0.29, 0.717) is 12.5 Å². The highest BCUT2D eigenvalue weighted by atomic mass is 16.5. The molecule has 0 radical (unpaired) electrons. The number of nitrogens with zero attached hydrogens (tertiary/aromatic N) is 1. The molecule has 18 heavy (non-hydrogen) atoms. The molecule has 2 atom stereocenters. The van der Waals surface area contributed by atoms with Crippen molar-refractivity contribution in [3.8, 4) is 0 Å². The number of rotatable bonds is 7. The molecule has 1 amide bonds. The molecule has 1 aliphatic heterocycles. The summed E-state index contributed by atoms with van der Waals surface area (Å²) >= 11 is 0. The van der Waals surface area contributed by atoms with Crippen molar-refractivity contribution in [2.24, 2.45) is 11.8 Å². The van der Waals surface area contributed by atoms with Crippen molar-refractivity contribution in [2.45, 2.75) is 52.2 Å². The zero-order valence-corrected chi connectivity index (χ0v) is 11.8. The topological polar surface area (TPSA) is 41.6 Å². The second-order valence-corrected chi connectivity index (χ2v) is 5.87. The van der Waals surface area contributed by atoms with Crippen LogP contribution in [0.2, 0.25) is 0 Å². The van der Waals surface area contributed by atoms with Crippen LogP contribution in [-0.2, 0) is 9.53 Å². The number of carbonyl (C=O) groups is 1. The van der Waals surface area contributed by atoms with Crippen molar-refractivity contribution in [1.29, 1.82) is 0 Å². The van der Waals surface area contributed by atoms with E-state index in [4.69, 9.17) is 4.74 Å². The lowest BCUT2D eigenvalue weighted by molar-refractivity contribution is -0.131. The molecule has 2 fully saturated rings. The molecule has 2 aliphatic rings. The van der Waals surface area contributed by atoms with Gasteiger partial charge in [-0.3, -0.25) is 10.1 Å². The fourth-order valence-corrected chi connectivity index (χ4v) is 2.50. The predicted octanol–water partition coefficient (Wildman–Crippen LogP) is 1.61. The van der Waals surface area contributed by atoms with Gasteiger partial charge in [0, 0.05) is 13.2 Å². The van der Waals surface area contributed by atoms with Crippen molar-refractivity contribution in [1.82, 2.24) is 10.2 Å². The second kappa shape index (κ2) is 6.02. The van der Waals surface area contributed by atoms with Crippen LogP contribution >= 0.6 is 0 Å². The summed E-state index contributed by atoms with van der Waals surface area (Å²) in [6, 6.07) is 0.000770. The summed E-state index contributed by atoms with van der Waals surface area (Å²) in [5, 5.41) is 3.42. The van der Waals surface area contributed by atoms with Gasteiger partial charge in [-0.2, -0.15) is 0 Å². The molecule has 1 heterocycles. The van der Waals surface area contributed by atoms with Crippen molar-refractivity contribution in [3.05, 3.63) is 0 Å². The Hall–Kier alpha value is -0.610. The van der Waals surface area contributed by atoms with Crippen LogP contribution in [0.3, 0.4) is 0 Å². The molecule has 1 saturated heterocycles. The summed E-state index contributed by atoms with van der Waals surface area (Å²) < 4.78 is 5.64. The third-order valence-electron chi connectivity index (χ3n) is 3.86. The van der Waals surface area contributed by atoms with Crippen LogP contribution in [0.5, 0.6) is 0 Å². The van der Waals surface area contributed by atoms with Crippen molar-refractivity contribution < 1.29 is 9.53 Å². The van der Waals surface area contributed by atoms with Crippen LogP contribution in [-0.4, -0.2) is 42.8 Å². The molecule has 2 rings (SSSR count). The van der Waals surface area contributed by atoms with Crippen LogP contribution in [0.4, 0.5) is 0 Å². The molecule has 0 spiro atoms. The maximum Gasteiger partial charge on any atom is 0.241 e. The first-order valence-corrected chi connectivity index (χ1v) is 7.27. The molecule has 0 aromatic heterocycles. The van der Waals surface area contributed by atoms with Gasteiger partial charge in [-0.1, -0.05) is 20.8 Å². The lowest BCUT2D eigenvalue weighted by Gasteiger charge is -2.27. The SMILES string of the molecule is CCC1NC(C(C)C)N(CCOCC2CC2)C1=O. The smallest absolute Gasteiger partial charge is 0.241 e. The molecule has 1 saturated carbocycles. The first kappa shape index (κ1) is 13.8. The number of hydrogen-bond acceptors (Lipinski definition) is 3. The molecular weight excluding hydrogens is 228 g/mol. The lowest BCUT2D eigenvalue weighted by Crippen LogP contribution is -2.43. The minimum atomic E-state index is 0.000770. The zero-order valence-electron chi connectivity index (χ0n) is 11.8. The maximum absolute atomic E-state index is 12.2. The molecule has 0 aromatic carbocycles. The molecular formula is C14H26N2O2. The third kappa shape index (κ3) is 3.23. The first-order valence-electron chi connectivity index (χ1n) is 7.27. The Balaban J connectivity index is 1.80. The Morgan fingerprint density at radius 1 is 1.44 bits per heavy atom. The van der Waals surface area contributed by atoms with Gasteiger partial charge in [0.1, 0.15) is 0 Å². The molecule has 4 heteroatoms. The number of carbonyl (C=O) groups excluding carboxylic acids is 1. The van der Waals surface area contributed by atoms with Gasteiger partial charge in [0.05, 0.1) is 18.8 Å². The van der Waals surface area contributed by atoms with E-state index in [0.717, 1.165) is 25.5 Å². The number of nitrogens with one attached hydrogen (secondary N) is 1. The summed E-state index contributed by atoms with van der Waals surface area (Å²) in [5.74, 6) is 1.47. The number of amides is 1. The van der Waals surface area contributed by atoms with E-state index < -0.39 is 0 Å². The van der Waals surface area contributed by atoms with E-state index >= 15 is 0 Å². The van der Waals surface area contributed by atoms with Crippen molar-refractivity contribution in [3.63, 3.8) is 0 Å². The van der Waals surface area contributed by atoms with Crippen molar-refractivity contribution >= 4 is 5.91 Å². The molecule has 104 valence electrons. The van der Waals surface area contributed by atoms with E-state index in [1.54, 1.807) is 0 Å². The second-order valence-electron chi connectivity index (χ2n) is 5.87. The average Bonchev–Trinajstić information content (AvgIpc) is 3.10. The summed E-state index contributed by atoms with van der Waals surface area (Å²) in [6.45, 7) is 8.63. The van der Waals surface area contributed by atoms with E-state index in [1.807, 2.05) is 4.90 Å². The van der Waals surface area contributed by atoms with Gasteiger partial charge in [-0.25, -0.2) is 0 Å². The summed E-state index contributed by atoms with van der Waals surface area (Å²) in [5.41, 5.74) is 0. The Morgan fingerprint density at radius 3 is 2.72 bits per heavy atom. The molecule has 1 aliphatic carbocycles. The van der Waals surface area contributed by atoms with E-state index in [9.17, 15) is 4.79 Å². The van der Waals surface area contributed by atoms with E-state index in [-0.39, 0.29) is 18.1 Å². The van der Waals surface area contributed by atoms with E-state index in [2.05, 4.69) is 26.1 Å².